The van der Waals surface area contributed by atoms with Crippen molar-refractivity contribution in [2.24, 2.45) is 0 Å². The van der Waals surface area contributed by atoms with E-state index in [9.17, 15) is 9.18 Å². The van der Waals surface area contributed by atoms with Crippen LogP contribution in [0.15, 0.2) is 48.5 Å². The molecule has 0 aromatic heterocycles. The van der Waals surface area contributed by atoms with Gasteiger partial charge in [0.25, 0.3) is 0 Å². The van der Waals surface area contributed by atoms with Gasteiger partial charge in [0.2, 0.25) is 5.91 Å². The molecule has 4 nitrogen and oxygen atoms in total. The van der Waals surface area contributed by atoms with E-state index >= 15 is 0 Å². The quantitative estimate of drug-likeness (QED) is 0.822. The Hall–Kier alpha value is -2.82. The maximum atomic E-state index is 13.1. The van der Waals surface area contributed by atoms with Crippen LogP contribution < -0.4 is 14.8 Å². The molecule has 2 aromatic carbocycles. The summed E-state index contributed by atoms with van der Waals surface area (Å²) in [6.45, 7) is 1.85. The molecular weight excluding hydrogens is 309 g/mol. The van der Waals surface area contributed by atoms with Gasteiger partial charge in [0.05, 0.1) is 20.3 Å². The van der Waals surface area contributed by atoms with Crippen molar-refractivity contribution in [1.29, 1.82) is 0 Å². The van der Waals surface area contributed by atoms with Gasteiger partial charge in [-0.05, 0) is 48.9 Å². The minimum atomic E-state index is -0.341. The van der Waals surface area contributed by atoms with E-state index in [1.165, 1.54) is 18.2 Å². The number of hydrogen-bond acceptors (Lipinski definition) is 3. The van der Waals surface area contributed by atoms with Crippen LogP contribution in [-0.2, 0) is 4.79 Å². The highest BCUT2D eigenvalue weighted by Gasteiger charge is 2.14. The lowest BCUT2D eigenvalue weighted by molar-refractivity contribution is -0.117. The fraction of sp³-hybridized carbons (Fsp3) is 0.211. The van der Waals surface area contributed by atoms with Crippen LogP contribution in [0, 0.1) is 5.82 Å². The minimum Gasteiger partial charge on any atom is -0.497 e. The molecule has 1 N–H and O–H groups in total. The summed E-state index contributed by atoms with van der Waals surface area (Å²) in [5, 5.41) is 2.85. The van der Waals surface area contributed by atoms with Gasteiger partial charge < -0.3 is 14.8 Å². The van der Waals surface area contributed by atoms with Crippen LogP contribution in [0.25, 0.3) is 6.08 Å². The molecule has 1 amide bonds. The molecule has 24 heavy (non-hydrogen) atoms. The number of halogens is 1. The van der Waals surface area contributed by atoms with E-state index in [0.717, 1.165) is 5.56 Å². The second kappa shape index (κ2) is 8.15. The number of ether oxygens (including phenoxy) is 2. The van der Waals surface area contributed by atoms with Crippen molar-refractivity contribution in [3.63, 3.8) is 0 Å². The molecule has 0 saturated carbocycles. The standard InChI is InChI=1S/C19H20FNO3/c1-13(17-12-16(23-2)8-9-18(17)24-3)21-19(22)10-7-14-5-4-6-15(20)11-14/h4-13H,1-3H3,(H,21,22)/b10-7+/t13-/m0/s1. The van der Waals surface area contributed by atoms with Gasteiger partial charge in [0, 0.05) is 11.6 Å². The molecule has 0 unspecified atom stereocenters. The number of carbonyl (C=O) groups excluding carboxylic acids is 1. The van der Waals surface area contributed by atoms with Crippen LogP contribution in [0.1, 0.15) is 24.1 Å². The third-order valence-corrected chi connectivity index (χ3v) is 3.54. The monoisotopic (exact) mass is 329 g/mol. The Morgan fingerprint density at radius 3 is 2.62 bits per heavy atom. The summed E-state index contributed by atoms with van der Waals surface area (Å²) in [5.41, 5.74) is 1.43. The molecular formula is C19H20FNO3. The lowest BCUT2D eigenvalue weighted by Crippen LogP contribution is -2.25. The van der Waals surface area contributed by atoms with E-state index in [4.69, 9.17) is 9.47 Å². The van der Waals surface area contributed by atoms with E-state index < -0.39 is 0 Å². The molecule has 2 rings (SSSR count). The smallest absolute Gasteiger partial charge is 0.244 e. The van der Waals surface area contributed by atoms with Crippen molar-refractivity contribution in [2.75, 3.05) is 14.2 Å². The predicted octanol–water partition coefficient (Wildman–Crippen LogP) is 3.73. The largest absolute Gasteiger partial charge is 0.497 e. The number of rotatable bonds is 6. The first-order chi connectivity index (χ1) is 11.5. The summed E-state index contributed by atoms with van der Waals surface area (Å²) < 4.78 is 23.6. The maximum absolute atomic E-state index is 13.1. The SMILES string of the molecule is COc1ccc(OC)c([C@H](C)NC(=O)/C=C/c2cccc(F)c2)c1. The van der Waals surface area contributed by atoms with Crippen LogP contribution in [0.5, 0.6) is 11.5 Å². The molecule has 0 aliphatic carbocycles. The molecule has 126 valence electrons. The van der Waals surface area contributed by atoms with Gasteiger partial charge in [-0.3, -0.25) is 4.79 Å². The number of methoxy groups -OCH3 is 2. The van der Waals surface area contributed by atoms with Crippen molar-refractivity contribution in [3.8, 4) is 11.5 Å². The van der Waals surface area contributed by atoms with Crippen LogP contribution in [0.4, 0.5) is 4.39 Å². The third kappa shape index (κ3) is 4.59. The number of carbonyl (C=O) groups is 1. The average molecular weight is 329 g/mol. The summed E-state index contributed by atoms with van der Waals surface area (Å²) in [5.74, 6) is 0.726. The third-order valence-electron chi connectivity index (χ3n) is 3.54. The van der Waals surface area contributed by atoms with Crippen molar-refractivity contribution < 1.29 is 18.7 Å². The van der Waals surface area contributed by atoms with Crippen molar-refractivity contribution in [3.05, 3.63) is 65.5 Å². The Morgan fingerprint density at radius 1 is 1.17 bits per heavy atom. The van der Waals surface area contributed by atoms with Crippen LogP contribution in [0.3, 0.4) is 0 Å². The second-order valence-corrected chi connectivity index (χ2v) is 5.23. The summed E-state index contributed by atoms with van der Waals surface area (Å²) in [6.07, 6.45) is 2.94. The fourth-order valence-electron chi connectivity index (χ4n) is 2.30. The zero-order valence-electron chi connectivity index (χ0n) is 13.9. The highest BCUT2D eigenvalue weighted by Crippen LogP contribution is 2.29. The lowest BCUT2D eigenvalue weighted by Gasteiger charge is -2.17. The van der Waals surface area contributed by atoms with Crippen LogP contribution in [0.2, 0.25) is 0 Å². The molecule has 5 heteroatoms. The molecule has 0 saturated heterocycles. The first-order valence-electron chi connectivity index (χ1n) is 7.49. The molecule has 1 atom stereocenters. The molecule has 0 aliphatic rings. The summed E-state index contributed by atoms with van der Waals surface area (Å²) in [4.78, 5) is 12.1. The minimum absolute atomic E-state index is 0.278. The Bertz CT molecular complexity index is 743. The molecule has 2 aromatic rings. The summed E-state index contributed by atoms with van der Waals surface area (Å²) in [6, 6.07) is 11.2. The normalized spacial score (nSPS) is 12.0. The second-order valence-electron chi connectivity index (χ2n) is 5.23. The van der Waals surface area contributed by atoms with Gasteiger partial charge in [-0.1, -0.05) is 12.1 Å². The number of nitrogens with one attached hydrogen (secondary N) is 1. The highest BCUT2D eigenvalue weighted by molar-refractivity contribution is 5.92. The molecule has 0 radical (unpaired) electrons. The first-order valence-corrected chi connectivity index (χ1v) is 7.49. The van der Waals surface area contributed by atoms with Gasteiger partial charge >= 0.3 is 0 Å². The molecule has 0 bridgehead atoms. The Morgan fingerprint density at radius 2 is 1.96 bits per heavy atom. The van der Waals surface area contributed by atoms with Gasteiger partial charge in [-0.2, -0.15) is 0 Å². The highest BCUT2D eigenvalue weighted by atomic mass is 19.1. The molecule has 0 heterocycles. The van der Waals surface area contributed by atoms with E-state index in [1.54, 1.807) is 44.6 Å². The number of amides is 1. The van der Waals surface area contributed by atoms with Crippen molar-refractivity contribution in [2.45, 2.75) is 13.0 Å². The summed E-state index contributed by atoms with van der Waals surface area (Å²) >= 11 is 0. The summed E-state index contributed by atoms with van der Waals surface area (Å²) in [7, 11) is 3.15. The van der Waals surface area contributed by atoms with Gasteiger partial charge in [0.1, 0.15) is 17.3 Å². The van der Waals surface area contributed by atoms with E-state index in [-0.39, 0.29) is 17.8 Å². The van der Waals surface area contributed by atoms with Gasteiger partial charge in [0.15, 0.2) is 0 Å². The van der Waals surface area contributed by atoms with Crippen molar-refractivity contribution >= 4 is 12.0 Å². The zero-order valence-corrected chi connectivity index (χ0v) is 13.9. The van der Waals surface area contributed by atoms with E-state index in [0.29, 0.717) is 17.1 Å². The molecule has 0 fully saturated rings. The molecule has 0 spiro atoms. The Labute approximate surface area is 140 Å². The zero-order chi connectivity index (χ0) is 17.5. The molecule has 0 aliphatic heterocycles. The van der Waals surface area contributed by atoms with Crippen LogP contribution >= 0.6 is 0 Å². The van der Waals surface area contributed by atoms with E-state index in [2.05, 4.69) is 5.32 Å². The maximum Gasteiger partial charge on any atom is 0.244 e. The average Bonchev–Trinajstić information content (AvgIpc) is 2.59. The number of benzene rings is 2. The lowest BCUT2D eigenvalue weighted by atomic mass is 10.1. The van der Waals surface area contributed by atoms with Crippen LogP contribution in [-0.4, -0.2) is 20.1 Å². The predicted molar refractivity (Wildman–Crippen MR) is 91.5 cm³/mol. The Balaban J connectivity index is 2.08. The van der Waals surface area contributed by atoms with Crippen molar-refractivity contribution in [1.82, 2.24) is 5.32 Å². The fourth-order valence-corrected chi connectivity index (χ4v) is 2.30. The van der Waals surface area contributed by atoms with E-state index in [1.807, 2.05) is 13.0 Å². The Kier molecular flexibility index (Phi) is 5.95. The topological polar surface area (TPSA) is 47.6 Å². The van der Waals surface area contributed by atoms with Gasteiger partial charge in [-0.15, -0.1) is 0 Å². The van der Waals surface area contributed by atoms with Gasteiger partial charge in [-0.25, -0.2) is 4.39 Å². The first kappa shape index (κ1) is 17.5. The number of hydrogen-bond donors (Lipinski definition) is 1.